The summed E-state index contributed by atoms with van der Waals surface area (Å²) in [6.07, 6.45) is 1.37. The fourth-order valence-corrected chi connectivity index (χ4v) is 5.69. The lowest BCUT2D eigenvalue weighted by Crippen LogP contribution is -2.56. The summed E-state index contributed by atoms with van der Waals surface area (Å²) in [6.45, 7) is 9.69. The Morgan fingerprint density at radius 3 is 2.37 bits per heavy atom. The minimum Gasteiger partial charge on any atom is -0.327 e. The van der Waals surface area contributed by atoms with Crippen LogP contribution in [0.4, 0.5) is 21.1 Å². The van der Waals surface area contributed by atoms with Gasteiger partial charge in [0.15, 0.2) is 5.78 Å². The summed E-state index contributed by atoms with van der Waals surface area (Å²) in [6, 6.07) is 14.9. The monoisotopic (exact) mass is 585 g/mol. The largest absolute Gasteiger partial charge is 0.327 e. The number of benzene rings is 2. The molecule has 11 heteroatoms. The van der Waals surface area contributed by atoms with Gasteiger partial charge < -0.3 is 16.0 Å². The summed E-state index contributed by atoms with van der Waals surface area (Å²) in [5, 5.41) is 18.9. The van der Waals surface area contributed by atoms with Gasteiger partial charge in [-0.1, -0.05) is 56.7 Å². The predicted octanol–water partition coefficient (Wildman–Crippen LogP) is 4.37. The molecule has 3 heterocycles. The number of nitrogens with zero attached hydrogens (tertiary/aromatic N) is 2. The first-order chi connectivity index (χ1) is 20.5. The summed E-state index contributed by atoms with van der Waals surface area (Å²) in [4.78, 5) is 51.7. The van der Waals surface area contributed by atoms with Gasteiger partial charge in [0.05, 0.1) is 23.8 Å². The number of urea groups is 2. The number of nitrogens with one attached hydrogen (secondary N) is 5. The molecule has 2 aliphatic rings. The Morgan fingerprint density at radius 2 is 1.70 bits per heavy atom. The number of ketones is 1. The van der Waals surface area contributed by atoms with E-state index >= 15 is 0 Å². The molecule has 2 fully saturated rings. The number of aryl methyl sites for hydroxylation is 1. The highest BCUT2D eigenvalue weighted by Crippen LogP contribution is 2.37. The van der Waals surface area contributed by atoms with Crippen LogP contribution in [0.3, 0.4) is 0 Å². The van der Waals surface area contributed by atoms with Gasteiger partial charge in [0.2, 0.25) is 5.91 Å². The maximum Gasteiger partial charge on any atom is 0.324 e. The standard InChI is InChI=1S/C32H39N7O4/c1-19-9-11-21(12-10-19)39-26(18-25(38-39)32(2,3)4)36-30(42)34-23-8-6-5-7-22(23)28(20-13-15-33-16-14-20)29(41)24-17-27(40)37-31(43)35-24/h5-12,18,20,24,28,33H,13-17H2,1-4H3,(H2,34,36,42)(H2,35,37,40,43). The van der Waals surface area contributed by atoms with Crippen LogP contribution >= 0.6 is 0 Å². The molecule has 3 aromatic rings. The quantitative estimate of drug-likeness (QED) is 0.278. The molecule has 5 N–H and O–H groups in total. The highest BCUT2D eigenvalue weighted by atomic mass is 16.2. The second-order valence-corrected chi connectivity index (χ2v) is 12.3. The third-order valence-electron chi connectivity index (χ3n) is 7.99. The molecule has 2 saturated heterocycles. The van der Waals surface area contributed by atoms with E-state index < -0.39 is 29.9 Å². The van der Waals surface area contributed by atoms with Crippen LogP contribution in [0.5, 0.6) is 0 Å². The molecule has 5 amide bonds. The van der Waals surface area contributed by atoms with E-state index in [9.17, 15) is 19.2 Å². The normalized spacial score (nSPS) is 18.4. The van der Waals surface area contributed by atoms with Gasteiger partial charge in [-0.2, -0.15) is 5.10 Å². The van der Waals surface area contributed by atoms with Crippen molar-refractivity contribution in [3.8, 4) is 5.69 Å². The van der Waals surface area contributed by atoms with Gasteiger partial charge in [0.1, 0.15) is 5.82 Å². The van der Waals surface area contributed by atoms with E-state index in [1.165, 1.54) is 0 Å². The zero-order valence-corrected chi connectivity index (χ0v) is 25.0. The first-order valence-corrected chi connectivity index (χ1v) is 14.7. The SMILES string of the molecule is Cc1ccc(-n2nc(C(C)(C)C)cc2NC(=O)Nc2ccccc2C(C(=O)C2CC(=O)NC(=O)N2)C2CCNCC2)cc1. The molecule has 0 aliphatic carbocycles. The zero-order chi connectivity index (χ0) is 30.7. The van der Waals surface area contributed by atoms with Crippen LogP contribution in [-0.2, 0) is 15.0 Å². The van der Waals surface area contributed by atoms with Gasteiger partial charge >= 0.3 is 12.1 Å². The Labute approximate surface area is 251 Å². The summed E-state index contributed by atoms with van der Waals surface area (Å²) >= 11 is 0. The second kappa shape index (κ2) is 12.4. The zero-order valence-electron chi connectivity index (χ0n) is 25.0. The molecule has 5 rings (SSSR count). The van der Waals surface area contributed by atoms with Gasteiger partial charge in [0.25, 0.3) is 0 Å². The van der Waals surface area contributed by atoms with E-state index in [2.05, 4.69) is 47.4 Å². The molecule has 2 aliphatic heterocycles. The van der Waals surface area contributed by atoms with Crippen molar-refractivity contribution in [1.82, 2.24) is 25.7 Å². The van der Waals surface area contributed by atoms with Gasteiger partial charge in [-0.05, 0) is 62.5 Å². The van der Waals surface area contributed by atoms with E-state index in [4.69, 9.17) is 5.10 Å². The van der Waals surface area contributed by atoms with Crippen LogP contribution in [0.1, 0.15) is 62.8 Å². The van der Waals surface area contributed by atoms with Crippen LogP contribution in [0.25, 0.3) is 5.69 Å². The van der Waals surface area contributed by atoms with Crippen molar-refractivity contribution >= 4 is 35.3 Å². The predicted molar refractivity (Wildman–Crippen MR) is 165 cm³/mol. The number of imide groups is 1. The first kappa shape index (κ1) is 30.0. The molecule has 43 heavy (non-hydrogen) atoms. The summed E-state index contributed by atoms with van der Waals surface area (Å²) in [5.74, 6) is -0.876. The number of rotatable bonds is 7. The number of carbonyl (C=O) groups is 4. The highest BCUT2D eigenvalue weighted by Gasteiger charge is 2.39. The van der Waals surface area contributed by atoms with E-state index in [1.807, 2.05) is 49.4 Å². The van der Waals surface area contributed by atoms with Crippen LogP contribution in [0.15, 0.2) is 54.6 Å². The molecular formula is C32H39N7O4. The van der Waals surface area contributed by atoms with Gasteiger partial charge in [-0.25, -0.2) is 14.3 Å². The van der Waals surface area contributed by atoms with Crippen molar-refractivity contribution in [2.24, 2.45) is 5.92 Å². The van der Waals surface area contributed by atoms with Crippen molar-refractivity contribution in [3.05, 3.63) is 71.4 Å². The lowest BCUT2D eigenvalue weighted by Gasteiger charge is -2.34. The number of carbonyl (C=O) groups excluding carboxylic acids is 4. The summed E-state index contributed by atoms with van der Waals surface area (Å²) in [7, 11) is 0. The molecule has 226 valence electrons. The van der Waals surface area contributed by atoms with Crippen LogP contribution in [0, 0.1) is 12.8 Å². The molecule has 11 nitrogen and oxygen atoms in total. The van der Waals surface area contributed by atoms with E-state index in [-0.39, 0.29) is 23.5 Å². The molecule has 1 aromatic heterocycles. The highest BCUT2D eigenvalue weighted by molar-refractivity contribution is 6.05. The number of Topliss-reactive ketones (excluding diaryl/α,β-unsaturated/α-hetero) is 1. The number of hydrogen-bond acceptors (Lipinski definition) is 6. The Kier molecular flexibility index (Phi) is 8.63. The van der Waals surface area contributed by atoms with Crippen molar-refractivity contribution in [1.29, 1.82) is 0 Å². The van der Waals surface area contributed by atoms with Crippen molar-refractivity contribution in [3.63, 3.8) is 0 Å². The number of hydrogen-bond donors (Lipinski definition) is 5. The molecule has 0 bridgehead atoms. The molecule has 2 unspecified atom stereocenters. The Balaban J connectivity index is 1.44. The number of piperidine rings is 1. The Morgan fingerprint density at radius 1 is 1.00 bits per heavy atom. The number of aromatic nitrogens is 2. The molecule has 0 radical (unpaired) electrons. The lowest BCUT2D eigenvalue weighted by atomic mass is 9.75. The topological polar surface area (TPSA) is 146 Å². The first-order valence-electron chi connectivity index (χ1n) is 14.7. The summed E-state index contributed by atoms with van der Waals surface area (Å²) < 4.78 is 1.71. The maximum absolute atomic E-state index is 14.0. The Bertz CT molecular complexity index is 1500. The average molecular weight is 586 g/mol. The molecule has 0 saturated carbocycles. The number of para-hydroxylation sites is 1. The van der Waals surface area contributed by atoms with Crippen molar-refractivity contribution in [2.45, 2.75) is 64.3 Å². The van der Waals surface area contributed by atoms with E-state index in [1.54, 1.807) is 16.8 Å². The van der Waals surface area contributed by atoms with Crippen molar-refractivity contribution < 1.29 is 19.2 Å². The van der Waals surface area contributed by atoms with E-state index in [0.717, 1.165) is 42.9 Å². The number of amides is 5. The Hall–Kier alpha value is -4.51. The third-order valence-corrected chi connectivity index (χ3v) is 7.99. The van der Waals surface area contributed by atoms with Gasteiger partial charge in [-0.15, -0.1) is 0 Å². The van der Waals surface area contributed by atoms with Crippen molar-refractivity contribution in [2.75, 3.05) is 23.7 Å². The minimum absolute atomic E-state index is 0.0287. The summed E-state index contributed by atoms with van der Waals surface area (Å²) in [5.41, 5.74) is 3.63. The molecular weight excluding hydrogens is 546 g/mol. The minimum atomic E-state index is -0.942. The smallest absolute Gasteiger partial charge is 0.324 e. The average Bonchev–Trinajstić information content (AvgIpc) is 3.39. The molecule has 0 spiro atoms. The van der Waals surface area contributed by atoms with Crippen LogP contribution in [-0.4, -0.2) is 52.7 Å². The lowest BCUT2D eigenvalue weighted by molar-refractivity contribution is -0.129. The second-order valence-electron chi connectivity index (χ2n) is 12.3. The fraction of sp³-hybridized carbons (Fsp3) is 0.406. The maximum atomic E-state index is 14.0. The fourth-order valence-electron chi connectivity index (χ4n) is 5.69. The molecule has 2 atom stereocenters. The van der Waals surface area contributed by atoms with Gasteiger partial charge in [0, 0.05) is 23.1 Å². The molecule has 2 aromatic carbocycles. The third kappa shape index (κ3) is 6.94. The van der Waals surface area contributed by atoms with Crippen LogP contribution < -0.4 is 26.6 Å². The van der Waals surface area contributed by atoms with Gasteiger partial charge in [-0.3, -0.25) is 20.2 Å². The van der Waals surface area contributed by atoms with E-state index in [0.29, 0.717) is 17.1 Å². The number of anilines is 2. The van der Waals surface area contributed by atoms with Crippen LogP contribution in [0.2, 0.25) is 0 Å².